The second kappa shape index (κ2) is 6.70. The Balaban J connectivity index is 2.18. The first-order chi connectivity index (χ1) is 9.63. The van der Waals surface area contributed by atoms with E-state index in [1.54, 1.807) is 6.20 Å². The Bertz CT molecular complexity index is 475. The number of amidine groups is 1. The summed E-state index contributed by atoms with van der Waals surface area (Å²) in [5.41, 5.74) is 7.47. The summed E-state index contributed by atoms with van der Waals surface area (Å²) in [6, 6.07) is 1.90. The summed E-state index contributed by atoms with van der Waals surface area (Å²) >= 11 is 0. The molecule has 5 nitrogen and oxygen atoms in total. The van der Waals surface area contributed by atoms with Gasteiger partial charge in [0.05, 0.1) is 11.7 Å². The first kappa shape index (κ1) is 14.8. The Morgan fingerprint density at radius 1 is 1.60 bits per heavy atom. The van der Waals surface area contributed by atoms with Crippen molar-refractivity contribution in [3.8, 4) is 0 Å². The fourth-order valence-electron chi connectivity index (χ4n) is 2.67. The van der Waals surface area contributed by atoms with Crippen molar-refractivity contribution in [1.29, 1.82) is 5.41 Å². The van der Waals surface area contributed by atoms with Crippen LogP contribution in [0.2, 0.25) is 0 Å². The number of rotatable bonds is 5. The number of ether oxygens (including phenoxy) is 1. The van der Waals surface area contributed by atoms with E-state index in [9.17, 15) is 0 Å². The molecule has 1 aliphatic rings. The lowest BCUT2D eigenvalue weighted by Gasteiger charge is -2.34. The molecule has 0 aromatic carbocycles. The average molecular weight is 276 g/mol. The van der Waals surface area contributed by atoms with E-state index in [1.165, 1.54) is 0 Å². The minimum absolute atomic E-state index is 0.0854. The van der Waals surface area contributed by atoms with E-state index in [-0.39, 0.29) is 11.9 Å². The zero-order valence-corrected chi connectivity index (χ0v) is 12.4. The Hall–Kier alpha value is -1.62. The van der Waals surface area contributed by atoms with Gasteiger partial charge in [-0.1, -0.05) is 6.92 Å². The number of pyridine rings is 1. The van der Waals surface area contributed by atoms with Gasteiger partial charge in [0.15, 0.2) is 0 Å². The summed E-state index contributed by atoms with van der Waals surface area (Å²) in [4.78, 5) is 6.65. The molecule has 0 radical (unpaired) electrons. The molecule has 1 fully saturated rings. The topological polar surface area (TPSA) is 75.2 Å². The first-order valence-electron chi connectivity index (χ1n) is 7.30. The number of aromatic nitrogens is 1. The second-order valence-electron chi connectivity index (χ2n) is 5.32. The van der Waals surface area contributed by atoms with Crippen molar-refractivity contribution in [3.05, 3.63) is 23.4 Å². The highest BCUT2D eigenvalue weighted by atomic mass is 16.5. The summed E-state index contributed by atoms with van der Waals surface area (Å²) in [6.45, 7) is 6.67. The van der Waals surface area contributed by atoms with E-state index in [0.717, 1.165) is 55.9 Å². The van der Waals surface area contributed by atoms with Gasteiger partial charge in [-0.05, 0) is 37.8 Å². The zero-order valence-electron chi connectivity index (χ0n) is 12.4. The van der Waals surface area contributed by atoms with Crippen LogP contribution in [0.5, 0.6) is 0 Å². The van der Waals surface area contributed by atoms with Crippen molar-refractivity contribution in [2.24, 2.45) is 5.73 Å². The molecule has 20 heavy (non-hydrogen) atoms. The number of hydrogen-bond donors (Lipinski definition) is 2. The largest absolute Gasteiger partial charge is 0.384 e. The van der Waals surface area contributed by atoms with Crippen LogP contribution in [-0.4, -0.2) is 36.6 Å². The van der Waals surface area contributed by atoms with E-state index in [0.29, 0.717) is 0 Å². The monoisotopic (exact) mass is 276 g/mol. The van der Waals surface area contributed by atoms with Crippen LogP contribution in [0.1, 0.15) is 37.3 Å². The minimum Gasteiger partial charge on any atom is -0.384 e. The summed E-state index contributed by atoms with van der Waals surface area (Å²) in [5, 5.41) is 7.78. The Kier molecular flexibility index (Phi) is 4.95. The molecule has 5 heteroatoms. The summed E-state index contributed by atoms with van der Waals surface area (Å²) in [7, 11) is 0. The third kappa shape index (κ3) is 3.28. The van der Waals surface area contributed by atoms with Gasteiger partial charge >= 0.3 is 0 Å². The zero-order chi connectivity index (χ0) is 14.5. The molecule has 0 amide bonds. The number of piperidine rings is 1. The van der Waals surface area contributed by atoms with Crippen molar-refractivity contribution < 1.29 is 4.74 Å². The Morgan fingerprint density at radius 3 is 3.10 bits per heavy atom. The van der Waals surface area contributed by atoms with Crippen LogP contribution in [0.4, 0.5) is 5.82 Å². The van der Waals surface area contributed by atoms with Crippen LogP contribution >= 0.6 is 0 Å². The maximum Gasteiger partial charge on any atom is 0.139 e. The lowest BCUT2D eigenvalue weighted by molar-refractivity contribution is 0.0439. The molecule has 1 atom stereocenters. The van der Waals surface area contributed by atoms with E-state index in [1.807, 2.05) is 13.0 Å². The molecule has 1 aromatic heterocycles. The van der Waals surface area contributed by atoms with E-state index < -0.39 is 0 Å². The van der Waals surface area contributed by atoms with Crippen molar-refractivity contribution >= 4 is 11.7 Å². The molecule has 1 unspecified atom stereocenters. The van der Waals surface area contributed by atoms with Gasteiger partial charge in [-0.25, -0.2) is 4.98 Å². The highest BCUT2D eigenvalue weighted by Crippen LogP contribution is 2.24. The maximum absolute atomic E-state index is 7.78. The highest BCUT2D eigenvalue weighted by Gasteiger charge is 2.24. The quantitative estimate of drug-likeness (QED) is 0.637. The molecule has 0 bridgehead atoms. The van der Waals surface area contributed by atoms with Crippen molar-refractivity contribution in [2.75, 3.05) is 24.6 Å². The lowest BCUT2D eigenvalue weighted by Crippen LogP contribution is -2.41. The molecule has 2 heterocycles. The molecule has 1 saturated heterocycles. The fourth-order valence-corrected chi connectivity index (χ4v) is 2.67. The van der Waals surface area contributed by atoms with Gasteiger partial charge < -0.3 is 15.4 Å². The van der Waals surface area contributed by atoms with Crippen LogP contribution in [0.15, 0.2) is 12.3 Å². The Morgan fingerprint density at radius 2 is 2.40 bits per heavy atom. The number of anilines is 1. The number of nitrogens with two attached hydrogens (primary N) is 1. The number of hydrogen-bond acceptors (Lipinski definition) is 4. The molecule has 2 rings (SSSR count). The minimum atomic E-state index is 0.0854. The SMILES string of the molecule is CCCOC1CCCN(c2nccc(C)c2C(=N)N)C1. The number of nitrogen functional groups attached to an aromatic ring is 1. The molecule has 0 saturated carbocycles. The highest BCUT2D eigenvalue weighted by molar-refractivity contribution is 6.01. The van der Waals surface area contributed by atoms with Crippen LogP contribution < -0.4 is 10.6 Å². The summed E-state index contributed by atoms with van der Waals surface area (Å²) < 4.78 is 5.86. The first-order valence-corrected chi connectivity index (χ1v) is 7.30. The maximum atomic E-state index is 7.78. The number of nitrogens with zero attached hydrogens (tertiary/aromatic N) is 2. The van der Waals surface area contributed by atoms with Gasteiger partial charge in [0.2, 0.25) is 0 Å². The predicted octanol–water partition coefficient (Wildman–Crippen LogP) is 2.07. The third-order valence-electron chi connectivity index (χ3n) is 3.64. The van der Waals surface area contributed by atoms with Crippen LogP contribution in [-0.2, 0) is 4.74 Å². The Labute approximate surface area is 120 Å². The van der Waals surface area contributed by atoms with Crippen LogP contribution in [0.25, 0.3) is 0 Å². The predicted molar refractivity (Wildman–Crippen MR) is 81.5 cm³/mol. The summed E-state index contributed by atoms with van der Waals surface area (Å²) in [5.74, 6) is 0.907. The van der Waals surface area contributed by atoms with Crippen molar-refractivity contribution in [3.63, 3.8) is 0 Å². The van der Waals surface area contributed by atoms with Gasteiger partial charge in [-0.2, -0.15) is 0 Å². The van der Waals surface area contributed by atoms with Crippen molar-refractivity contribution in [1.82, 2.24) is 4.98 Å². The normalized spacial score (nSPS) is 19.1. The van der Waals surface area contributed by atoms with E-state index in [2.05, 4.69) is 16.8 Å². The number of aryl methyl sites for hydroxylation is 1. The van der Waals surface area contributed by atoms with Gasteiger partial charge in [-0.15, -0.1) is 0 Å². The van der Waals surface area contributed by atoms with Gasteiger partial charge in [0.1, 0.15) is 11.7 Å². The third-order valence-corrected chi connectivity index (χ3v) is 3.64. The number of nitrogens with one attached hydrogen (secondary N) is 1. The standard InChI is InChI=1S/C15H24N4O/c1-3-9-20-12-5-4-8-19(10-12)15-13(14(16)17)11(2)6-7-18-15/h6-7,12H,3-5,8-10H2,1-2H3,(H3,16,17). The summed E-state index contributed by atoms with van der Waals surface area (Å²) in [6.07, 6.45) is 5.26. The van der Waals surface area contributed by atoms with E-state index in [4.69, 9.17) is 15.9 Å². The van der Waals surface area contributed by atoms with Gasteiger partial charge in [-0.3, -0.25) is 5.41 Å². The lowest BCUT2D eigenvalue weighted by atomic mass is 10.0. The molecule has 1 aromatic rings. The van der Waals surface area contributed by atoms with Gasteiger partial charge in [0.25, 0.3) is 0 Å². The smallest absolute Gasteiger partial charge is 0.139 e. The molecular weight excluding hydrogens is 252 g/mol. The average Bonchev–Trinajstić information content (AvgIpc) is 2.44. The molecule has 3 N–H and O–H groups in total. The van der Waals surface area contributed by atoms with Gasteiger partial charge in [0, 0.05) is 25.9 Å². The molecule has 0 spiro atoms. The molecule has 1 aliphatic heterocycles. The van der Waals surface area contributed by atoms with E-state index >= 15 is 0 Å². The molecular formula is C15H24N4O. The fraction of sp³-hybridized carbons (Fsp3) is 0.600. The molecule has 110 valence electrons. The van der Waals surface area contributed by atoms with Crippen molar-refractivity contribution in [2.45, 2.75) is 39.2 Å². The van der Waals surface area contributed by atoms with Crippen LogP contribution in [0.3, 0.4) is 0 Å². The van der Waals surface area contributed by atoms with Crippen LogP contribution in [0, 0.1) is 12.3 Å². The molecule has 0 aliphatic carbocycles. The second-order valence-corrected chi connectivity index (χ2v) is 5.32.